The lowest BCUT2D eigenvalue weighted by Gasteiger charge is -2.06. The van der Waals surface area contributed by atoms with E-state index in [0.717, 1.165) is 12.3 Å². The zero-order valence-electron chi connectivity index (χ0n) is 12.7. The second-order valence-corrected chi connectivity index (χ2v) is 5.13. The van der Waals surface area contributed by atoms with E-state index in [4.69, 9.17) is 5.73 Å². The van der Waals surface area contributed by atoms with E-state index in [-0.39, 0.29) is 19.0 Å². The monoisotopic (exact) mass is 372 g/mol. The molecule has 9 heteroatoms. The number of rotatable bonds is 3. The van der Waals surface area contributed by atoms with E-state index in [1.54, 1.807) is 12.3 Å². The Morgan fingerprint density at radius 3 is 2.40 bits per heavy atom. The maximum Gasteiger partial charge on any atom is 0.433 e. The van der Waals surface area contributed by atoms with Gasteiger partial charge in [0.15, 0.2) is 0 Å². The van der Waals surface area contributed by atoms with E-state index in [2.05, 4.69) is 10.1 Å². The van der Waals surface area contributed by atoms with Gasteiger partial charge in [0, 0.05) is 18.3 Å². The van der Waals surface area contributed by atoms with E-state index >= 15 is 0 Å². The molecule has 0 spiro atoms. The van der Waals surface area contributed by atoms with Gasteiger partial charge in [0.05, 0.1) is 18.1 Å². The minimum Gasteiger partial charge on any atom is -0.326 e. The number of alkyl halides is 3. The summed E-state index contributed by atoms with van der Waals surface area (Å²) in [5.74, 6) is -0.420. The highest BCUT2D eigenvalue weighted by Gasteiger charge is 2.32. The second kappa shape index (κ2) is 7.20. The number of benzene rings is 1. The Morgan fingerprint density at radius 2 is 1.80 bits per heavy atom. The highest BCUT2D eigenvalue weighted by Crippen LogP contribution is 2.28. The molecule has 1 aromatic carbocycles. The van der Waals surface area contributed by atoms with E-state index in [1.807, 2.05) is 0 Å². The maximum absolute atomic E-state index is 13.6. The largest absolute Gasteiger partial charge is 0.433 e. The van der Waals surface area contributed by atoms with Gasteiger partial charge in [-0.2, -0.15) is 18.3 Å². The van der Waals surface area contributed by atoms with Crippen molar-refractivity contribution in [1.82, 2.24) is 14.8 Å². The molecule has 4 nitrogen and oxygen atoms in total. The Bertz CT molecular complexity index is 859. The van der Waals surface area contributed by atoms with Crippen LogP contribution in [0.4, 0.5) is 17.6 Å². The van der Waals surface area contributed by atoms with Crippen LogP contribution in [-0.2, 0) is 12.7 Å². The van der Waals surface area contributed by atoms with Crippen LogP contribution in [0.3, 0.4) is 0 Å². The van der Waals surface area contributed by atoms with Crippen molar-refractivity contribution in [2.75, 3.05) is 0 Å². The lowest BCUT2D eigenvalue weighted by atomic mass is 10.1. The summed E-state index contributed by atoms with van der Waals surface area (Å²) in [4.78, 5) is 3.39. The number of hydrogen-bond donors (Lipinski definition) is 1. The molecule has 0 aliphatic heterocycles. The highest BCUT2D eigenvalue weighted by atomic mass is 35.5. The van der Waals surface area contributed by atoms with Gasteiger partial charge in [-0.05, 0) is 41.5 Å². The molecule has 2 aromatic heterocycles. The molecule has 2 heterocycles. The highest BCUT2D eigenvalue weighted by molar-refractivity contribution is 5.85. The van der Waals surface area contributed by atoms with Gasteiger partial charge in [0.1, 0.15) is 11.5 Å². The molecule has 0 saturated carbocycles. The van der Waals surface area contributed by atoms with Gasteiger partial charge < -0.3 is 5.73 Å². The fourth-order valence-corrected chi connectivity index (χ4v) is 2.24. The molecule has 3 rings (SSSR count). The van der Waals surface area contributed by atoms with Crippen LogP contribution in [0.25, 0.3) is 16.8 Å². The van der Waals surface area contributed by atoms with Crippen LogP contribution in [0, 0.1) is 5.82 Å². The van der Waals surface area contributed by atoms with Crippen LogP contribution >= 0.6 is 12.4 Å². The fourth-order valence-electron chi connectivity index (χ4n) is 2.24. The first-order valence-corrected chi connectivity index (χ1v) is 6.95. The second-order valence-electron chi connectivity index (χ2n) is 5.13. The van der Waals surface area contributed by atoms with Crippen LogP contribution < -0.4 is 5.73 Å². The van der Waals surface area contributed by atoms with E-state index < -0.39 is 17.7 Å². The zero-order valence-corrected chi connectivity index (χ0v) is 13.5. The lowest BCUT2D eigenvalue weighted by molar-refractivity contribution is -0.141. The number of nitrogens with zero attached hydrogens (tertiary/aromatic N) is 3. The summed E-state index contributed by atoms with van der Waals surface area (Å²) < 4.78 is 52.5. The van der Waals surface area contributed by atoms with Crippen molar-refractivity contribution in [3.63, 3.8) is 0 Å². The van der Waals surface area contributed by atoms with Crippen LogP contribution in [0.5, 0.6) is 0 Å². The Labute approximate surface area is 146 Å². The number of aromatic nitrogens is 3. The molecule has 0 radical (unpaired) electrons. The van der Waals surface area contributed by atoms with Crippen molar-refractivity contribution in [1.29, 1.82) is 0 Å². The van der Waals surface area contributed by atoms with Gasteiger partial charge in [-0.3, -0.25) is 0 Å². The molecule has 0 aliphatic carbocycles. The summed E-state index contributed by atoms with van der Waals surface area (Å²) >= 11 is 0. The molecule has 2 N–H and O–H groups in total. The molecule has 25 heavy (non-hydrogen) atoms. The Kier molecular flexibility index (Phi) is 5.44. The average molecular weight is 373 g/mol. The van der Waals surface area contributed by atoms with Crippen LogP contribution in [-0.4, -0.2) is 14.8 Å². The molecular formula is C16H13ClF4N4. The van der Waals surface area contributed by atoms with E-state index in [1.165, 1.54) is 29.1 Å². The van der Waals surface area contributed by atoms with E-state index in [9.17, 15) is 17.6 Å². The molecule has 132 valence electrons. The fraction of sp³-hybridized carbons (Fsp3) is 0.125. The van der Waals surface area contributed by atoms with Crippen molar-refractivity contribution >= 4 is 12.4 Å². The van der Waals surface area contributed by atoms with Crippen molar-refractivity contribution in [2.24, 2.45) is 5.73 Å². The molecule has 0 unspecified atom stereocenters. The molecule has 0 aliphatic rings. The SMILES string of the molecule is Cl.NCc1cc(F)cc(-c2cnn(-c3ccc(C(F)(F)F)nc3)c2)c1. The van der Waals surface area contributed by atoms with Crippen LogP contribution in [0.2, 0.25) is 0 Å². The average Bonchev–Trinajstić information content (AvgIpc) is 3.03. The summed E-state index contributed by atoms with van der Waals surface area (Å²) in [6, 6.07) is 6.56. The molecule has 0 bridgehead atoms. The molecule has 0 saturated heterocycles. The number of hydrogen-bond acceptors (Lipinski definition) is 3. The van der Waals surface area contributed by atoms with Crippen LogP contribution in [0.15, 0.2) is 48.9 Å². The first kappa shape index (κ1) is 18.9. The normalized spacial score (nSPS) is 11.2. The topological polar surface area (TPSA) is 56.7 Å². The summed E-state index contributed by atoms with van der Waals surface area (Å²) in [5.41, 5.74) is 6.75. The molecule has 0 atom stereocenters. The molecule has 3 aromatic rings. The number of halogens is 5. The predicted molar refractivity (Wildman–Crippen MR) is 86.9 cm³/mol. The van der Waals surface area contributed by atoms with Crippen molar-refractivity contribution < 1.29 is 17.6 Å². The van der Waals surface area contributed by atoms with Gasteiger partial charge in [0.25, 0.3) is 0 Å². The van der Waals surface area contributed by atoms with Crippen molar-refractivity contribution in [2.45, 2.75) is 12.7 Å². The van der Waals surface area contributed by atoms with E-state index in [0.29, 0.717) is 22.4 Å². The van der Waals surface area contributed by atoms with Crippen molar-refractivity contribution in [3.05, 3.63) is 66.0 Å². The summed E-state index contributed by atoms with van der Waals surface area (Å²) in [5, 5.41) is 4.08. The molecular weight excluding hydrogens is 360 g/mol. The Balaban J connectivity index is 0.00000225. The smallest absolute Gasteiger partial charge is 0.326 e. The van der Waals surface area contributed by atoms with Gasteiger partial charge in [-0.25, -0.2) is 14.1 Å². The summed E-state index contributed by atoms with van der Waals surface area (Å²) in [6.07, 6.45) is -0.337. The van der Waals surface area contributed by atoms with Crippen LogP contribution in [0.1, 0.15) is 11.3 Å². The minimum absolute atomic E-state index is 0. The standard InChI is InChI=1S/C16H12F4N4.ClH/c17-13-4-10(6-21)3-11(5-13)12-7-23-24(9-12)14-1-2-15(22-8-14)16(18,19)20;/h1-5,7-9H,6,21H2;1H. The number of nitrogens with two attached hydrogens (primary N) is 1. The first-order valence-electron chi connectivity index (χ1n) is 6.95. The quantitative estimate of drug-likeness (QED) is 0.708. The Morgan fingerprint density at radius 1 is 1.04 bits per heavy atom. The third-order valence-electron chi connectivity index (χ3n) is 3.41. The van der Waals surface area contributed by atoms with Gasteiger partial charge in [-0.15, -0.1) is 12.4 Å². The minimum atomic E-state index is -4.49. The maximum atomic E-state index is 13.6. The third kappa shape index (κ3) is 4.15. The summed E-state index contributed by atoms with van der Waals surface area (Å²) in [6.45, 7) is 0.196. The zero-order chi connectivity index (χ0) is 17.3. The molecule has 0 amide bonds. The predicted octanol–water partition coefficient (Wildman–Crippen LogP) is 3.97. The van der Waals surface area contributed by atoms with Crippen molar-refractivity contribution in [3.8, 4) is 16.8 Å². The van der Waals surface area contributed by atoms with Gasteiger partial charge in [0.2, 0.25) is 0 Å². The Hall–Kier alpha value is -2.45. The van der Waals surface area contributed by atoms with Gasteiger partial charge in [-0.1, -0.05) is 0 Å². The third-order valence-corrected chi connectivity index (χ3v) is 3.41. The number of pyridine rings is 1. The summed E-state index contributed by atoms with van der Waals surface area (Å²) in [7, 11) is 0. The molecule has 0 fully saturated rings. The first-order chi connectivity index (χ1) is 11.4. The lowest BCUT2D eigenvalue weighted by Crippen LogP contribution is -2.08. The van der Waals surface area contributed by atoms with Gasteiger partial charge >= 0.3 is 6.18 Å².